The molecule has 0 bridgehead atoms. The van der Waals surface area contributed by atoms with E-state index < -0.39 is 0 Å². The number of nitrogens with one attached hydrogen (secondary N) is 1. The van der Waals surface area contributed by atoms with E-state index in [1.807, 2.05) is 0 Å². The van der Waals surface area contributed by atoms with Crippen molar-refractivity contribution in [3.63, 3.8) is 0 Å². The molecule has 10 heavy (non-hydrogen) atoms. The van der Waals surface area contributed by atoms with Crippen molar-refractivity contribution < 1.29 is 0 Å². The molecule has 0 saturated heterocycles. The van der Waals surface area contributed by atoms with Crippen molar-refractivity contribution in [2.45, 2.75) is 33.6 Å². The predicted octanol–water partition coefficient (Wildman–Crippen LogP) is 2.11. The first kappa shape index (κ1) is 9.47. The Labute approximate surface area is 63.7 Å². The van der Waals surface area contributed by atoms with Gasteiger partial charge in [-0.15, -0.1) is 0 Å². The quantitative estimate of drug-likeness (QED) is 0.472. The van der Waals surface area contributed by atoms with Crippen LogP contribution in [0.3, 0.4) is 0 Å². The van der Waals surface area contributed by atoms with Gasteiger partial charge in [-0.1, -0.05) is 6.92 Å². The Kier molecular flexibility index (Phi) is 4.99. The summed E-state index contributed by atoms with van der Waals surface area (Å²) < 4.78 is 0. The molecule has 0 rings (SSSR count). The summed E-state index contributed by atoms with van der Waals surface area (Å²) >= 11 is 0. The summed E-state index contributed by atoms with van der Waals surface area (Å²) in [6.45, 7) is 8.23. The Morgan fingerprint density at radius 1 is 1.20 bits per heavy atom. The lowest BCUT2D eigenvalue weighted by atomic mass is 10.3. The largest absolute Gasteiger partial charge is 0.361 e. The first-order chi connectivity index (χ1) is 4.76. The van der Waals surface area contributed by atoms with Crippen LogP contribution in [0.5, 0.6) is 0 Å². The Morgan fingerprint density at radius 3 is 2.00 bits per heavy atom. The van der Waals surface area contributed by atoms with Gasteiger partial charge in [0.2, 0.25) is 0 Å². The first-order valence-electron chi connectivity index (χ1n) is 4.08. The lowest BCUT2D eigenvalue weighted by molar-refractivity contribution is 0.451. The lowest BCUT2D eigenvalue weighted by Gasteiger charge is -2.20. The number of amidine groups is 1. The number of hydrogen-bond donors (Lipinski definition) is 1. The van der Waals surface area contributed by atoms with Crippen LogP contribution in [-0.2, 0) is 0 Å². The van der Waals surface area contributed by atoms with Gasteiger partial charge in [0.05, 0.1) is 5.84 Å². The van der Waals surface area contributed by atoms with Crippen LogP contribution in [0, 0.1) is 5.41 Å². The van der Waals surface area contributed by atoms with Crippen molar-refractivity contribution in [2.75, 3.05) is 13.1 Å². The van der Waals surface area contributed by atoms with Gasteiger partial charge < -0.3 is 4.90 Å². The molecule has 2 nitrogen and oxygen atoms in total. The molecule has 0 atom stereocenters. The van der Waals surface area contributed by atoms with E-state index in [9.17, 15) is 0 Å². The van der Waals surface area contributed by atoms with Gasteiger partial charge >= 0.3 is 0 Å². The van der Waals surface area contributed by atoms with E-state index >= 15 is 0 Å². The molecule has 0 heterocycles. The predicted molar refractivity (Wildman–Crippen MR) is 45.6 cm³/mol. The van der Waals surface area contributed by atoms with Crippen molar-refractivity contribution in [2.24, 2.45) is 0 Å². The standard InChI is InChI=1S/C8H18N2/c1-4-7-8(9)10(5-2)6-3/h9H,4-7H2,1-3H3. The van der Waals surface area contributed by atoms with Gasteiger partial charge in [-0.25, -0.2) is 0 Å². The van der Waals surface area contributed by atoms with Gasteiger partial charge in [0, 0.05) is 19.5 Å². The fraction of sp³-hybridized carbons (Fsp3) is 0.875. The summed E-state index contributed by atoms with van der Waals surface area (Å²) in [4.78, 5) is 2.09. The van der Waals surface area contributed by atoms with Gasteiger partial charge in [0.1, 0.15) is 0 Å². The maximum Gasteiger partial charge on any atom is 0.0957 e. The highest BCUT2D eigenvalue weighted by Crippen LogP contribution is 1.96. The molecule has 0 saturated carbocycles. The van der Waals surface area contributed by atoms with Crippen molar-refractivity contribution >= 4 is 5.84 Å². The number of hydrogen-bond acceptors (Lipinski definition) is 1. The Morgan fingerprint density at radius 2 is 1.70 bits per heavy atom. The highest BCUT2D eigenvalue weighted by Gasteiger charge is 2.01. The summed E-state index contributed by atoms with van der Waals surface area (Å²) in [6, 6.07) is 0. The molecule has 0 aromatic rings. The molecule has 0 aliphatic rings. The topological polar surface area (TPSA) is 27.1 Å². The number of rotatable bonds is 4. The van der Waals surface area contributed by atoms with Crippen LogP contribution in [0.2, 0.25) is 0 Å². The summed E-state index contributed by atoms with van der Waals surface area (Å²) in [7, 11) is 0. The average Bonchev–Trinajstić information content (AvgIpc) is 1.91. The van der Waals surface area contributed by atoms with E-state index in [1.165, 1.54) is 0 Å². The average molecular weight is 142 g/mol. The van der Waals surface area contributed by atoms with Gasteiger partial charge in [0.15, 0.2) is 0 Å². The maximum atomic E-state index is 7.57. The van der Waals surface area contributed by atoms with E-state index in [2.05, 4.69) is 25.7 Å². The molecule has 0 unspecified atom stereocenters. The Bertz CT molecular complexity index is 95.4. The molecule has 0 aromatic heterocycles. The molecule has 0 amide bonds. The normalized spacial score (nSPS) is 9.50. The van der Waals surface area contributed by atoms with E-state index in [1.54, 1.807) is 0 Å². The second kappa shape index (κ2) is 5.27. The van der Waals surface area contributed by atoms with Gasteiger partial charge in [-0.2, -0.15) is 0 Å². The van der Waals surface area contributed by atoms with E-state index in [-0.39, 0.29) is 0 Å². The highest BCUT2D eigenvalue weighted by atomic mass is 15.1. The van der Waals surface area contributed by atoms with Crippen LogP contribution in [0.15, 0.2) is 0 Å². The fourth-order valence-corrected chi connectivity index (χ4v) is 1.00. The molecule has 60 valence electrons. The van der Waals surface area contributed by atoms with Crippen molar-refractivity contribution in [1.29, 1.82) is 5.41 Å². The van der Waals surface area contributed by atoms with Crippen molar-refractivity contribution in [3.8, 4) is 0 Å². The minimum Gasteiger partial charge on any atom is -0.361 e. The van der Waals surface area contributed by atoms with Crippen LogP contribution in [0.25, 0.3) is 0 Å². The summed E-state index contributed by atoms with van der Waals surface area (Å²) in [5, 5.41) is 7.57. The molecule has 0 fully saturated rings. The third kappa shape index (κ3) is 2.85. The zero-order valence-corrected chi connectivity index (χ0v) is 7.28. The molecule has 1 N–H and O–H groups in total. The molecule has 0 aromatic carbocycles. The van der Waals surface area contributed by atoms with Gasteiger partial charge in [-0.3, -0.25) is 5.41 Å². The van der Waals surface area contributed by atoms with Gasteiger partial charge in [-0.05, 0) is 20.3 Å². The zero-order valence-electron chi connectivity index (χ0n) is 7.28. The first-order valence-corrected chi connectivity index (χ1v) is 4.08. The minimum atomic E-state index is 0.785. The molecule has 0 aliphatic carbocycles. The Balaban J connectivity index is 3.65. The van der Waals surface area contributed by atoms with Crippen molar-refractivity contribution in [1.82, 2.24) is 4.90 Å². The second-order valence-corrected chi connectivity index (χ2v) is 2.37. The van der Waals surface area contributed by atoms with Crippen LogP contribution >= 0.6 is 0 Å². The van der Waals surface area contributed by atoms with Gasteiger partial charge in [0.25, 0.3) is 0 Å². The molecule has 0 spiro atoms. The zero-order chi connectivity index (χ0) is 7.98. The van der Waals surface area contributed by atoms with Crippen LogP contribution in [0.1, 0.15) is 33.6 Å². The Hall–Kier alpha value is -0.530. The summed E-state index contributed by atoms with van der Waals surface area (Å²) in [5.41, 5.74) is 0. The monoisotopic (exact) mass is 142 g/mol. The smallest absolute Gasteiger partial charge is 0.0957 e. The molecule has 0 radical (unpaired) electrons. The minimum absolute atomic E-state index is 0.785. The molecular weight excluding hydrogens is 124 g/mol. The molecular formula is C8H18N2. The summed E-state index contributed by atoms with van der Waals surface area (Å²) in [6.07, 6.45) is 2.00. The number of nitrogens with zero attached hydrogens (tertiary/aromatic N) is 1. The second-order valence-electron chi connectivity index (χ2n) is 2.37. The van der Waals surface area contributed by atoms with Crippen LogP contribution in [-0.4, -0.2) is 23.8 Å². The van der Waals surface area contributed by atoms with E-state index in [0.717, 1.165) is 31.8 Å². The third-order valence-electron chi connectivity index (χ3n) is 1.63. The molecule has 0 aliphatic heterocycles. The maximum absolute atomic E-state index is 7.57. The van der Waals surface area contributed by atoms with E-state index in [0.29, 0.717) is 0 Å². The lowest BCUT2D eigenvalue weighted by Crippen LogP contribution is -2.29. The van der Waals surface area contributed by atoms with Crippen LogP contribution in [0.4, 0.5) is 0 Å². The van der Waals surface area contributed by atoms with Crippen molar-refractivity contribution in [3.05, 3.63) is 0 Å². The summed E-state index contributed by atoms with van der Waals surface area (Å²) in [5.74, 6) is 0.785. The molecule has 2 heteroatoms. The third-order valence-corrected chi connectivity index (χ3v) is 1.63. The fourth-order valence-electron chi connectivity index (χ4n) is 1.00. The SMILES string of the molecule is CCCC(=N)N(CC)CC. The highest BCUT2D eigenvalue weighted by molar-refractivity contribution is 5.78. The van der Waals surface area contributed by atoms with Crippen LogP contribution < -0.4 is 0 Å². The van der Waals surface area contributed by atoms with E-state index in [4.69, 9.17) is 5.41 Å².